The number of anilines is 1. The third kappa shape index (κ3) is 5.73. The zero-order chi connectivity index (χ0) is 18.2. The number of piperidine rings is 1. The lowest BCUT2D eigenvalue weighted by atomic mass is 9.92. The van der Waals surface area contributed by atoms with Crippen LogP contribution in [0.2, 0.25) is 0 Å². The fourth-order valence-corrected chi connectivity index (χ4v) is 3.62. The fraction of sp³-hybridized carbons (Fsp3) is 0.600. The molecule has 0 aliphatic carbocycles. The molecule has 0 unspecified atom stereocenters. The van der Waals surface area contributed by atoms with Crippen molar-refractivity contribution in [2.45, 2.75) is 44.6 Å². The Hall–Kier alpha value is -2.08. The lowest BCUT2D eigenvalue weighted by Gasteiger charge is -2.32. The second-order valence-corrected chi connectivity index (χ2v) is 7.20. The number of para-hydroxylation sites is 1. The summed E-state index contributed by atoms with van der Waals surface area (Å²) >= 11 is 0. The van der Waals surface area contributed by atoms with Crippen molar-refractivity contribution in [1.29, 1.82) is 0 Å². The number of nitrogens with one attached hydrogen (secondary N) is 2. The lowest BCUT2D eigenvalue weighted by Crippen LogP contribution is -2.46. The number of urea groups is 1. The molecule has 2 saturated heterocycles. The van der Waals surface area contributed by atoms with E-state index in [0.717, 1.165) is 57.5 Å². The number of amides is 3. The van der Waals surface area contributed by atoms with Crippen LogP contribution < -0.4 is 10.6 Å². The van der Waals surface area contributed by atoms with Crippen LogP contribution >= 0.6 is 0 Å². The zero-order valence-electron chi connectivity index (χ0n) is 15.3. The first-order chi connectivity index (χ1) is 12.7. The minimum absolute atomic E-state index is 0.0146. The van der Waals surface area contributed by atoms with Crippen LogP contribution in [0, 0.1) is 5.92 Å². The van der Waals surface area contributed by atoms with Gasteiger partial charge in [-0.15, -0.1) is 0 Å². The molecule has 3 amide bonds. The Morgan fingerprint density at radius 3 is 2.58 bits per heavy atom. The first-order valence-corrected chi connectivity index (χ1v) is 9.70. The number of rotatable bonds is 6. The fourth-order valence-electron chi connectivity index (χ4n) is 3.62. The average Bonchev–Trinajstić information content (AvgIpc) is 3.19. The predicted octanol–water partition coefficient (Wildman–Crippen LogP) is 3.01. The molecule has 2 aliphatic rings. The number of carbonyl (C=O) groups is 2. The van der Waals surface area contributed by atoms with E-state index in [1.54, 1.807) is 0 Å². The van der Waals surface area contributed by atoms with Crippen LogP contribution in [0.3, 0.4) is 0 Å². The van der Waals surface area contributed by atoms with Crippen molar-refractivity contribution in [2.24, 2.45) is 5.92 Å². The maximum atomic E-state index is 12.2. The van der Waals surface area contributed by atoms with Crippen molar-refractivity contribution in [3.05, 3.63) is 30.3 Å². The molecule has 1 aromatic carbocycles. The first kappa shape index (κ1) is 18.7. The number of hydrogen-bond acceptors (Lipinski definition) is 3. The van der Waals surface area contributed by atoms with Gasteiger partial charge in [0.05, 0.1) is 6.10 Å². The smallest absolute Gasteiger partial charge is 0.317 e. The van der Waals surface area contributed by atoms with Gasteiger partial charge >= 0.3 is 6.03 Å². The van der Waals surface area contributed by atoms with Gasteiger partial charge in [0, 0.05) is 38.3 Å². The van der Waals surface area contributed by atoms with Crippen LogP contribution in [0.25, 0.3) is 0 Å². The topological polar surface area (TPSA) is 70.7 Å². The molecule has 26 heavy (non-hydrogen) atoms. The molecule has 0 saturated carbocycles. The Labute approximate surface area is 155 Å². The van der Waals surface area contributed by atoms with E-state index in [0.29, 0.717) is 18.9 Å². The molecule has 142 valence electrons. The Bertz CT molecular complexity index is 579. The number of carbonyl (C=O) groups excluding carboxylic acids is 2. The van der Waals surface area contributed by atoms with E-state index in [1.807, 2.05) is 35.2 Å². The van der Waals surface area contributed by atoms with E-state index in [1.165, 1.54) is 0 Å². The van der Waals surface area contributed by atoms with Gasteiger partial charge in [-0.2, -0.15) is 0 Å². The summed E-state index contributed by atoms with van der Waals surface area (Å²) < 4.78 is 5.53. The van der Waals surface area contributed by atoms with Crippen molar-refractivity contribution in [3.63, 3.8) is 0 Å². The van der Waals surface area contributed by atoms with Gasteiger partial charge in [0.1, 0.15) is 0 Å². The summed E-state index contributed by atoms with van der Waals surface area (Å²) in [5, 5.41) is 5.91. The molecule has 2 N–H and O–H groups in total. The van der Waals surface area contributed by atoms with Crippen LogP contribution in [0.4, 0.5) is 10.5 Å². The van der Waals surface area contributed by atoms with Gasteiger partial charge in [0.25, 0.3) is 0 Å². The van der Waals surface area contributed by atoms with Gasteiger partial charge in [0.2, 0.25) is 5.91 Å². The van der Waals surface area contributed by atoms with E-state index < -0.39 is 0 Å². The number of nitrogens with zero attached hydrogens (tertiary/aromatic N) is 1. The van der Waals surface area contributed by atoms with Crippen LogP contribution in [-0.2, 0) is 9.53 Å². The molecular formula is C20H29N3O3. The van der Waals surface area contributed by atoms with Crippen LogP contribution in [-0.4, -0.2) is 49.2 Å². The van der Waals surface area contributed by atoms with Crippen molar-refractivity contribution < 1.29 is 14.3 Å². The molecule has 2 heterocycles. The van der Waals surface area contributed by atoms with Crippen molar-refractivity contribution >= 4 is 17.6 Å². The Kier molecular flexibility index (Phi) is 6.89. The van der Waals surface area contributed by atoms with E-state index in [9.17, 15) is 9.59 Å². The van der Waals surface area contributed by atoms with Gasteiger partial charge in [0.15, 0.2) is 0 Å². The summed E-state index contributed by atoms with van der Waals surface area (Å²) in [5.41, 5.74) is 0.843. The van der Waals surface area contributed by atoms with Crippen molar-refractivity contribution in [1.82, 2.24) is 10.2 Å². The largest absolute Gasteiger partial charge is 0.376 e. The molecule has 0 bridgehead atoms. The van der Waals surface area contributed by atoms with Gasteiger partial charge in [-0.25, -0.2) is 4.79 Å². The summed E-state index contributed by atoms with van der Waals surface area (Å²) in [5.74, 6) is 0.576. The van der Waals surface area contributed by atoms with Crippen molar-refractivity contribution in [2.75, 3.05) is 31.6 Å². The monoisotopic (exact) mass is 359 g/mol. The third-order valence-corrected chi connectivity index (χ3v) is 5.24. The highest BCUT2D eigenvalue weighted by Crippen LogP contribution is 2.22. The van der Waals surface area contributed by atoms with E-state index >= 15 is 0 Å². The normalized spacial score (nSPS) is 20.8. The molecule has 1 aromatic rings. The molecule has 6 nitrogen and oxygen atoms in total. The minimum atomic E-state index is 0.0146. The Morgan fingerprint density at radius 2 is 1.88 bits per heavy atom. The van der Waals surface area contributed by atoms with Gasteiger partial charge < -0.3 is 20.3 Å². The molecular weight excluding hydrogens is 330 g/mol. The maximum Gasteiger partial charge on any atom is 0.317 e. The van der Waals surface area contributed by atoms with Crippen molar-refractivity contribution in [3.8, 4) is 0 Å². The molecule has 1 atom stereocenters. The molecule has 0 radical (unpaired) electrons. The highest BCUT2D eigenvalue weighted by molar-refractivity contribution is 5.90. The summed E-state index contributed by atoms with van der Waals surface area (Å²) in [4.78, 5) is 26.2. The number of likely N-dealkylation sites (tertiary alicyclic amines) is 1. The highest BCUT2D eigenvalue weighted by Gasteiger charge is 2.24. The summed E-state index contributed by atoms with van der Waals surface area (Å²) in [7, 11) is 0. The molecule has 6 heteroatoms. The Morgan fingerprint density at radius 1 is 1.12 bits per heavy atom. The van der Waals surface area contributed by atoms with Crippen LogP contribution in [0.1, 0.15) is 38.5 Å². The van der Waals surface area contributed by atoms with Crippen LogP contribution in [0.15, 0.2) is 30.3 Å². The molecule has 2 aliphatic heterocycles. The maximum absolute atomic E-state index is 12.2. The Balaban J connectivity index is 1.30. The highest BCUT2D eigenvalue weighted by atomic mass is 16.5. The standard InChI is InChI=1S/C20H29N3O3/c24-19(22-17-5-2-1-3-6-17)9-8-16-10-12-23(13-11-16)20(25)21-15-18-7-4-14-26-18/h1-3,5-6,16,18H,4,7-15H2,(H,21,25)(H,22,24)/t18-/m1/s1. The lowest BCUT2D eigenvalue weighted by molar-refractivity contribution is -0.116. The summed E-state index contributed by atoms with van der Waals surface area (Å²) in [6, 6.07) is 9.56. The number of ether oxygens (including phenoxy) is 1. The molecule has 3 rings (SSSR count). The number of benzene rings is 1. The quantitative estimate of drug-likeness (QED) is 0.820. The molecule has 0 spiro atoms. The first-order valence-electron chi connectivity index (χ1n) is 9.70. The van der Waals surface area contributed by atoms with Gasteiger partial charge in [-0.05, 0) is 50.2 Å². The second kappa shape index (κ2) is 9.57. The SMILES string of the molecule is O=C(CCC1CCN(C(=O)NC[C@H]2CCCO2)CC1)Nc1ccccc1. The zero-order valence-corrected chi connectivity index (χ0v) is 15.3. The second-order valence-electron chi connectivity index (χ2n) is 7.20. The summed E-state index contributed by atoms with van der Waals surface area (Å²) in [6.45, 7) is 2.95. The molecule has 0 aromatic heterocycles. The predicted molar refractivity (Wildman–Crippen MR) is 101 cm³/mol. The van der Waals surface area contributed by atoms with E-state index in [2.05, 4.69) is 10.6 Å². The summed E-state index contributed by atoms with van der Waals surface area (Å²) in [6.07, 6.45) is 5.64. The van der Waals surface area contributed by atoms with Crippen LogP contribution in [0.5, 0.6) is 0 Å². The van der Waals surface area contributed by atoms with Gasteiger partial charge in [-0.3, -0.25) is 4.79 Å². The van der Waals surface area contributed by atoms with Gasteiger partial charge in [-0.1, -0.05) is 18.2 Å². The minimum Gasteiger partial charge on any atom is -0.376 e. The third-order valence-electron chi connectivity index (χ3n) is 5.24. The van der Waals surface area contributed by atoms with E-state index in [-0.39, 0.29) is 18.0 Å². The molecule has 2 fully saturated rings. The average molecular weight is 359 g/mol. The van der Waals surface area contributed by atoms with E-state index in [4.69, 9.17) is 4.74 Å². The number of hydrogen-bond donors (Lipinski definition) is 2.